The normalized spacial score (nSPS) is 18.5. The van der Waals surface area contributed by atoms with Gasteiger partial charge in [-0.25, -0.2) is 0 Å². The molecule has 8 aliphatic heterocycles. The number of imide groups is 4. The van der Waals surface area contributed by atoms with Gasteiger partial charge in [-0.05, 0) is 147 Å². The Morgan fingerprint density at radius 2 is 0.960 bits per heavy atom. The molecule has 6 fully saturated rings. The molecule has 0 saturated carbocycles. The number of nitrogens with zero attached hydrogens (tertiary/aromatic N) is 9. The molecule has 2 atom stereocenters. The number of likely N-dealkylation sites (tertiary alicyclic amines) is 2. The van der Waals surface area contributed by atoms with Gasteiger partial charge in [0.05, 0.1) is 110 Å². The number of hydrogen-bond acceptors (Lipinski definition) is 26. The van der Waals surface area contributed by atoms with E-state index in [0.29, 0.717) is 80.6 Å². The number of unbranched alkanes of at least 4 members (excludes halogenated alkanes) is 2. The molecule has 6 saturated heterocycles. The highest BCUT2D eigenvalue weighted by atomic mass is 16.5. The van der Waals surface area contributed by atoms with Gasteiger partial charge in [0.2, 0.25) is 29.5 Å². The molecule has 12 heterocycles. The number of carbonyl (C=O) groups is 11. The average molecular weight is 1710 g/mol. The van der Waals surface area contributed by atoms with Gasteiger partial charge < -0.3 is 67.5 Å². The number of carbonyl (C=O) groups excluding carboxylic acids is 9. The first-order valence-electron chi connectivity index (χ1n) is 41.2. The van der Waals surface area contributed by atoms with E-state index >= 15 is 0 Å². The lowest BCUT2D eigenvalue weighted by molar-refractivity contribution is -0.159. The summed E-state index contributed by atoms with van der Waals surface area (Å²) >= 11 is 0. The van der Waals surface area contributed by atoms with Crippen LogP contribution in [0.2, 0.25) is 0 Å². The van der Waals surface area contributed by atoms with Gasteiger partial charge in [0.25, 0.3) is 41.2 Å². The van der Waals surface area contributed by atoms with Crippen molar-refractivity contribution in [2.45, 2.75) is 126 Å². The monoisotopic (exact) mass is 1700 g/mol. The van der Waals surface area contributed by atoms with Crippen LogP contribution in [0.3, 0.4) is 0 Å². The number of methoxy groups -OCH3 is 4. The van der Waals surface area contributed by atoms with Gasteiger partial charge in [0.1, 0.15) is 46.6 Å². The minimum absolute atomic E-state index is 0.0219. The van der Waals surface area contributed by atoms with Gasteiger partial charge in [-0.15, -0.1) is 0 Å². The minimum atomic E-state index is -1.06. The maximum absolute atomic E-state index is 13.4. The number of carboxylic acid groups (broad SMARTS) is 2. The Morgan fingerprint density at radius 3 is 1.37 bits per heavy atom. The fourth-order valence-electron chi connectivity index (χ4n) is 17.2. The highest BCUT2D eigenvalue weighted by Crippen LogP contribution is 2.43. The van der Waals surface area contributed by atoms with Crippen molar-refractivity contribution in [2.75, 3.05) is 107 Å². The predicted molar refractivity (Wildman–Crippen MR) is 448 cm³/mol. The summed E-state index contributed by atoms with van der Waals surface area (Å²) in [6, 6.07) is 19.1. The van der Waals surface area contributed by atoms with Crippen molar-refractivity contribution >= 4 is 87.2 Å². The van der Waals surface area contributed by atoms with Crippen LogP contribution in [0, 0.1) is 0 Å². The summed E-state index contributed by atoms with van der Waals surface area (Å²) in [5.74, 6) is -2.09. The number of fused-ring (bicyclic) bond motifs is 4. The minimum Gasteiger partial charge on any atom is -0.496 e. The van der Waals surface area contributed by atoms with Gasteiger partial charge >= 0.3 is 5.97 Å². The van der Waals surface area contributed by atoms with E-state index in [2.05, 4.69) is 35.7 Å². The topological polar surface area (TPSA) is 424 Å². The Morgan fingerprint density at radius 1 is 0.532 bits per heavy atom. The number of nitrogens with one attached hydrogen (secondary N) is 3. The lowest BCUT2D eigenvalue weighted by Gasteiger charge is -2.47. The SMILES string of the molecule is COc1cc(-c2cn(C)c(=O)c3cnccc23)cc(OC)c1CN1CCC2(CC1)CN(C(=O)CCCCOc1cccc3c1C(=O)N(C1CCC(=O)NC1=O)C3=O)CCO2.COc1cc(-c2cn(C)c(=O)c3cnccc23)cc(OC)c1CN1CCC2(CC1)CNCCO2.O=C(O)CCCCOc1cccc2c1C(=O)N(C1CCC(=O)NC1=O)C2=O.O=CO. The maximum atomic E-state index is 13.4. The zero-order chi connectivity index (χ0) is 88.1. The second-order valence-corrected chi connectivity index (χ2v) is 31.4. The molecule has 2 spiro atoms. The molecule has 5 N–H and O–H groups in total. The van der Waals surface area contributed by atoms with Crippen LogP contribution in [-0.4, -0.2) is 250 Å². The summed E-state index contributed by atoms with van der Waals surface area (Å²) in [6.45, 7) is 9.15. The Balaban J connectivity index is 0.000000173. The smallest absolute Gasteiger partial charge is 0.303 e. The molecule has 0 aliphatic carbocycles. The van der Waals surface area contributed by atoms with Crippen LogP contribution in [0.15, 0.2) is 120 Å². The fraction of sp³-hybridized carbons (Fsp3) is 0.427. The highest BCUT2D eigenvalue weighted by molar-refractivity contribution is 6.25. The molecule has 16 rings (SSSR count). The van der Waals surface area contributed by atoms with Gasteiger partial charge in [-0.3, -0.25) is 103 Å². The largest absolute Gasteiger partial charge is 0.496 e. The van der Waals surface area contributed by atoms with E-state index < -0.39 is 70.9 Å². The first-order chi connectivity index (χ1) is 59.8. The first-order valence-corrected chi connectivity index (χ1v) is 41.2. The molecule has 8 aromatic rings. The molecule has 0 bridgehead atoms. The number of carboxylic acids is 1. The maximum Gasteiger partial charge on any atom is 0.303 e. The molecule has 4 aromatic heterocycles. The van der Waals surface area contributed by atoms with Crippen molar-refractivity contribution in [3.63, 3.8) is 0 Å². The number of benzene rings is 4. The molecule has 9 amide bonds. The zero-order valence-electron chi connectivity index (χ0n) is 69.9. The molecule has 35 nitrogen and oxygen atoms in total. The molecule has 4 aromatic carbocycles. The Kier molecular flexibility index (Phi) is 28.4. The van der Waals surface area contributed by atoms with E-state index in [1.54, 1.807) is 101 Å². The number of morpholine rings is 2. The van der Waals surface area contributed by atoms with Crippen molar-refractivity contribution in [2.24, 2.45) is 14.1 Å². The van der Waals surface area contributed by atoms with Crippen LogP contribution in [0.5, 0.6) is 34.5 Å². The lowest BCUT2D eigenvalue weighted by atomic mass is 9.88. The summed E-state index contributed by atoms with van der Waals surface area (Å²) in [5, 5.41) is 26.1. The van der Waals surface area contributed by atoms with E-state index in [9.17, 15) is 57.5 Å². The first kappa shape index (κ1) is 88.9. The number of ether oxygens (including phenoxy) is 8. The van der Waals surface area contributed by atoms with Gasteiger partial charge in [-0.2, -0.15) is 0 Å². The summed E-state index contributed by atoms with van der Waals surface area (Å²) in [4.78, 5) is 174. The molecular weight excluding hydrogens is 1610 g/mol. The predicted octanol–water partition coefficient (Wildman–Crippen LogP) is 6.46. The average Bonchev–Trinajstić information content (AvgIpc) is 1.60. The van der Waals surface area contributed by atoms with Crippen LogP contribution < -0.4 is 55.5 Å². The van der Waals surface area contributed by atoms with E-state index in [1.807, 2.05) is 53.7 Å². The highest BCUT2D eigenvalue weighted by Gasteiger charge is 2.49. The zero-order valence-corrected chi connectivity index (χ0v) is 69.9. The van der Waals surface area contributed by atoms with E-state index in [-0.39, 0.29) is 108 Å². The number of hydrogen-bond donors (Lipinski definition) is 5. The third-order valence-corrected chi connectivity index (χ3v) is 23.8. The third-order valence-electron chi connectivity index (χ3n) is 23.8. The summed E-state index contributed by atoms with van der Waals surface area (Å²) in [6.07, 6.45) is 16.5. The third kappa shape index (κ3) is 19.3. The van der Waals surface area contributed by atoms with Crippen molar-refractivity contribution < 1.29 is 101 Å². The number of pyridine rings is 4. The van der Waals surface area contributed by atoms with Crippen LogP contribution in [-0.2, 0) is 70.2 Å². The number of amides is 9. The van der Waals surface area contributed by atoms with E-state index in [0.717, 1.165) is 144 Å². The number of piperidine rings is 4. The fourth-order valence-corrected chi connectivity index (χ4v) is 17.2. The second-order valence-electron chi connectivity index (χ2n) is 31.4. The number of aliphatic carboxylic acids is 1. The summed E-state index contributed by atoms with van der Waals surface area (Å²) < 4.78 is 50.8. The van der Waals surface area contributed by atoms with Crippen molar-refractivity contribution in [3.05, 3.63) is 164 Å². The van der Waals surface area contributed by atoms with E-state index in [1.165, 1.54) is 12.1 Å². The standard InChI is InChI=1S/C44H48N6O10.C26H32N4O4.C18H18N2O7.CH2O2/c1-47-24-31(28-12-15-45-23-30(28)41(47)54)27-21-35(57-2)32(36(22-27)58-3)25-48-16-13-44(14-17-48)26-49(18-20-60-44)38(52)9-4-5-19-59-34-8-6-7-29-39(34)43(56)50(42(29)55)33-10-11-37(51)46-40(33)53;1-29-15-21(19-4-7-27-14-20(19)25(29)31)18-12-23(32-2)22(24(13-18)33-3)16-30-9-5-26(6-10-30)17-28-8-11-34-26;21-13-8-7-11(16(24)19-13)20-17(25)10-4-3-5-12(15(10)18(20)26)27-9-2-1-6-14(22)23;2-1-3/h6-8,12,15,21-24,33H,4-5,9-11,13-14,16-20,25-26H2,1-3H3,(H,46,51,53);4,7,12-15,28H,5-6,8-11,16-17H2,1-3H3;3-5,11H,1-2,6-9H2,(H,22,23)(H,19,21,24);1H,(H,2,3). The van der Waals surface area contributed by atoms with Crippen LogP contribution in [0.4, 0.5) is 0 Å². The number of rotatable bonds is 24. The Hall–Kier alpha value is -12.8. The number of aromatic nitrogens is 4. The molecule has 0 radical (unpaired) electrons. The van der Waals surface area contributed by atoms with Gasteiger partial charge in [0, 0.05) is 154 Å². The van der Waals surface area contributed by atoms with Crippen LogP contribution >= 0.6 is 0 Å². The molecule has 2 unspecified atom stereocenters. The summed E-state index contributed by atoms with van der Waals surface area (Å²) in [5.41, 5.74) is 5.41. The van der Waals surface area contributed by atoms with Crippen molar-refractivity contribution in [1.29, 1.82) is 0 Å². The van der Waals surface area contributed by atoms with Crippen molar-refractivity contribution in [1.82, 2.24) is 59.6 Å². The van der Waals surface area contributed by atoms with Crippen molar-refractivity contribution in [3.8, 4) is 56.8 Å². The molecule has 35 heteroatoms. The quantitative estimate of drug-likeness (QED) is 0.0246. The van der Waals surface area contributed by atoms with Crippen LogP contribution in [0.1, 0.15) is 142 Å². The second kappa shape index (κ2) is 39.6. The molecule has 124 heavy (non-hydrogen) atoms. The molecule has 654 valence electrons. The summed E-state index contributed by atoms with van der Waals surface area (Å²) in [7, 11) is 10.2. The molecule has 8 aliphatic rings. The van der Waals surface area contributed by atoms with Crippen LogP contribution in [0.25, 0.3) is 43.8 Å². The Bertz CT molecular complexity index is 5520. The van der Waals surface area contributed by atoms with Gasteiger partial charge in [0.15, 0.2) is 0 Å². The molecular formula is C89H100N12O23. The van der Waals surface area contributed by atoms with Gasteiger partial charge in [-0.1, -0.05) is 12.1 Å². The number of aryl methyl sites for hydroxylation is 2. The lowest BCUT2D eigenvalue weighted by Crippen LogP contribution is -2.57. The Labute approximate surface area is 712 Å². The van der Waals surface area contributed by atoms with E-state index in [4.69, 9.17) is 52.9 Å².